The van der Waals surface area contributed by atoms with Gasteiger partial charge in [-0.1, -0.05) is 28.1 Å². The third-order valence-electron chi connectivity index (χ3n) is 3.29. The number of carbonyl (C=O) groups is 2. The molecule has 1 amide bonds. The molecule has 0 unspecified atom stereocenters. The predicted molar refractivity (Wildman–Crippen MR) is 77.2 cm³/mol. The molecular weight excluding hydrogens is 308 g/mol. The van der Waals surface area contributed by atoms with Crippen molar-refractivity contribution in [3.8, 4) is 0 Å². The summed E-state index contributed by atoms with van der Waals surface area (Å²) >= 11 is 3.35. The Labute approximate surface area is 121 Å². The number of benzene rings is 1. The van der Waals surface area contributed by atoms with Gasteiger partial charge in [0.15, 0.2) is 5.78 Å². The Balaban J connectivity index is 1.98. The molecule has 0 aromatic heterocycles. The normalized spacial score (nSPS) is 17.4. The van der Waals surface area contributed by atoms with E-state index in [-0.39, 0.29) is 11.7 Å². The Morgan fingerprint density at radius 3 is 2.63 bits per heavy atom. The smallest absolute Gasteiger partial charge is 0.236 e. The lowest BCUT2D eigenvalue weighted by Crippen LogP contribution is -2.37. The van der Waals surface area contributed by atoms with E-state index in [9.17, 15) is 9.59 Å². The first-order valence-corrected chi connectivity index (χ1v) is 7.10. The largest absolute Gasteiger partial charge is 0.345 e. The van der Waals surface area contributed by atoms with E-state index in [1.165, 1.54) is 0 Å². The molecule has 1 saturated heterocycles. The molecule has 1 aromatic rings. The van der Waals surface area contributed by atoms with Crippen LogP contribution < -0.4 is 0 Å². The van der Waals surface area contributed by atoms with E-state index in [1.54, 1.807) is 17.0 Å². The van der Waals surface area contributed by atoms with Crippen molar-refractivity contribution in [2.75, 3.05) is 33.2 Å². The van der Waals surface area contributed by atoms with Gasteiger partial charge in [-0.05, 0) is 18.6 Å². The summed E-state index contributed by atoms with van der Waals surface area (Å²) in [7, 11) is 1.81. The van der Waals surface area contributed by atoms with Crippen molar-refractivity contribution < 1.29 is 9.59 Å². The number of hydrogen-bond acceptors (Lipinski definition) is 3. The van der Waals surface area contributed by atoms with Crippen LogP contribution in [0.5, 0.6) is 0 Å². The number of rotatable bonds is 3. The van der Waals surface area contributed by atoms with Gasteiger partial charge in [0, 0.05) is 30.2 Å². The summed E-state index contributed by atoms with van der Waals surface area (Å²) < 4.78 is 0.954. The molecular formula is C14H17BrN2O2. The SMILES string of the molecule is CN1CCCN(CC(=O)c2ccc(Br)cc2)CC1=O. The molecule has 0 bridgehead atoms. The van der Waals surface area contributed by atoms with Crippen molar-refractivity contribution in [2.24, 2.45) is 0 Å². The zero-order valence-electron chi connectivity index (χ0n) is 10.9. The van der Waals surface area contributed by atoms with E-state index in [4.69, 9.17) is 0 Å². The molecule has 2 rings (SSSR count). The lowest BCUT2D eigenvalue weighted by atomic mass is 10.1. The summed E-state index contributed by atoms with van der Waals surface area (Å²) in [4.78, 5) is 27.5. The maximum Gasteiger partial charge on any atom is 0.236 e. The quantitative estimate of drug-likeness (QED) is 0.796. The van der Waals surface area contributed by atoms with Gasteiger partial charge in [-0.15, -0.1) is 0 Å². The number of halogens is 1. The van der Waals surface area contributed by atoms with Gasteiger partial charge in [-0.2, -0.15) is 0 Å². The monoisotopic (exact) mass is 324 g/mol. The molecule has 1 aromatic carbocycles. The highest BCUT2D eigenvalue weighted by Gasteiger charge is 2.21. The molecule has 0 radical (unpaired) electrons. The number of likely N-dealkylation sites (N-methyl/N-ethyl adjacent to an activating group) is 1. The predicted octanol–water partition coefficient (Wildman–Crippen LogP) is 1.80. The number of ketones is 1. The summed E-state index contributed by atoms with van der Waals surface area (Å²) in [6.45, 7) is 2.19. The highest BCUT2D eigenvalue weighted by Crippen LogP contribution is 2.12. The molecule has 4 nitrogen and oxygen atoms in total. The summed E-state index contributed by atoms with van der Waals surface area (Å²) in [6.07, 6.45) is 0.913. The first-order chi connectivity index (χ1) is 9.06. The maximum atomic E-state index is 12.1. The fraction of sp³-hybridized carbons (Fsp3) is 0.429. The van der Waals surface area contributed by atoms with Crippen LogP contribution in [0.15, 0.2) is 28.7 Å². The molecule has 102 valence electrons. The van der Waals surface area contributed by atoms with E-state index in [0.29, 0.717) is 18.7 Å². The molecule has 0 atom stereocenters. The third kappa shape index (κ3) is 3.88. The molecule has 5 heteroatoms. The summed E-state index contributed by atoms with van der Waals surface area (Å²) in [6, 6.07) is 7.32. The highest BCUT2D eigenvalue weighted by atomic mass is 79.9. The highest BCUT2D eigenvalue weighted by molar-refractivity contribution is 9.10. The molecule has 1 aliphatic rings. The van der Waals surface area contributed by atoms with Gasteiger partial charge >= 0.3 is 0 Å². The van der Waals surface area contributed by atoms with Crippen LogP contribution in [0.3, 0.4) is 0 Å². The zero-order chi connectivity index (χ0) is 13.8. The molecule has 0 aliphatic carbocycles. The van der Waals surface area contributed by atoms with Crippen LogP contribution in [0, 0.1) is 0 Å². The minimum Gasteiger partial charge on any atom is -0.345 e. The molecule has 1 fully saturated rings. The van der Waals surface area contributed by atoms with Crippen LogP contribution in [-0.4, -0.2) is 54.7 Å². The van der Waals surface area contributed by atoms with E-state index >= 15 is 0 Å². The number of amides is 1. The van der Waals surface area contributed by atoms with E-state index < -0.39 is 0 Å². The average Bonchev–Trinajstić information content (AvgIpc) is 2.53. The molecule has 19 heavy (non-hydrogen) atoms. The summed E-state index contributed by atoms with van der Waals surface area (Å²) in [5, 5.41) is 0. The van der Waals surface area contributed by atoms with Crippen LogP contribution in [0.2, 0.25) is 0 Å². The fourth-order valence-corrected chi connectivity index (χ4v) is 2.38. The van der Waals surface area contributed by atoms with Crippen molar-refractivity contribution in [2.45, 2.75) is 6.42 Å². The summed E-state index contributed by atoms with van der Waals surface area (Å²) in [5.74, 6) is 0.144. The Bertz CT molecular complexity index is 473. The lowest BCUT2D eigenvalue weighted by Gasteiger charge is -2.18. The number of carbonyl (C=O) groups excluding carboxylic acids is 2. The fourth-order valence-electron chi connectivity index (χ4n) is 2.11. The van der Waals surface area contributed by atoms with Crippen LogP contribution in [-0.2, 0) is 4.79 Å². The van der Waals surface area contributed by atoms with E-state index in [0.717, 1.165) is 24.0 Å². The second kappa shape index (κ2) is 6.30. The molecule has 1 aliphatic heterocycles. The zero-order valence-corrected chi connectivity index (χ0v) is 12.5. The van der Waals surface area contributed by atoms with Gasteiger partial charge in [-0.3, -0.25) is 14.5 Å². The van der Waals surface area contributed by atoms with E-state index in [1.807, 2.05) is 24.1 Å². The number of nitrogens with zero attached hydrogens (tertiary/aromatic N) is 2. The average molecular weight is 325 g/mol. The molecule has 1 heterocycles. The van der Waals surface area contributed by atoms with Crippen molar-refractivity contribution in [1.29, 1.82) is 0 Å². The first-order valence-electron chi connectivity index (χ1n) is 6.31. The molecule has 0 N–H and O–H groups in total. The van der Waals surface area contributed by atoms with Crippen molar-refractivity contribution >= 4 is 27.6 Å². The van der Waals surface area contributed by atoms with Gasteiger partial charge in [-0.25, -0.2) is 0 Å². The van der Waals surface area contributed by atoms with E-state index in [2.05, 4.69) is 15.9 Å². The Morgan fingerprint density at radius 2 is 1.95 bits per heavy atom. The maximum absolute atomic E-state index is 12.1. The van der Waals surface area contributed by atoms with Crippen LogP contribution in [0.25, 0.3) is 0 Å². The second-order valence-electron chi connectivity index (χ2n) is 4.81. The van der Waals surface area contributed by atoms with Gasteiger partial charge in [0.1, 0.15) is 0 Å². The van der Waals surface area contributed by atoms with Gasteiger partial charge in [0.05, 0.1) is 13.1 Å². The van der Waals surface area contributed by atoms with Gasteiger partial charge in [0.2, 0.25) is 5.91 Å². The number of Topliss-reactive ketones (excluding diaryl/α,β-unsaturated/α-hetero) is 1. The lowest BCUT2D eigenvalue weighted by molar-refractivity contribution is -0.129. The van der Waals surface area contributed by atoms with Crippen molar-refractivity contribution in [3.05, 3.63) is 34.3 Å². The Hall–Kier alpha value is -1.20. The molecule has 0 spiro atoms. The Morgan fingerprint density at radius 1 is 1.26 bits per heavy atom. The van der Waals surface area contributed by atoms with Crippen molar-refractivity contribution in [1.82, 2.24) is 9.80 Å². The summed E-state index contributed by atoms with van der Waals surface area (Å²) in [5.41, 5.74) is 0.688. The molecule has 0 saturated carbocycles. The topological polar surface area (TPSA) is 40.6 Å². The minimum atomic E-state index is 0.0600. The van der Waals surface area contributed by atoms with Crippen molar-refractivity contribution in [3.63, 3.8) is 0 Å². The van der Waals surface area contributed by atoms with Crippen LogP contribution in [0.4, 0.5) is 0 Å². The Kier molecular flexibility index (Phi) is 4.71. The standard InChI is InChI=1S/C14H17BrN2O2/c1-16-7-2-8-17(10-14(16)19)9-13(18)11-3-5-12(15)6-4-11/h3-6H,2,7-10H2,1H3. The van der Waals surface area contributed by atoms with Gasteiger partial charge < -0.3 is 4.90 Å². The second-order valence-corrected chi connectivity index (χ2v) is 5.73. The third-order valence-corrected chi connectivity index (χ3v) is 3.81. The minimum absolute atomic E-state index is 0.0600. The van der Waals surface area contributed by atoms with Crippen LogP contribution >= 0.6 is 15.9 Å². The number of hydrogen-bond donors (Lipinski definition) is 0. The first kappa shape index (κ1) is 14.2. The van der Waals surface area contributed by atoms with Crippen LogP contribution in [0.1, 0.15) is 16.8 Å². The van der Waals surface area contributed by atoms with Gasteiger partial charge in [0.25, 0.3) is 0 Å².